The highest BCUT2D eigenvalue weighted by molar-refractivity contribution is 6.31. The van der Waals surface area contributed by atoms with Gasteiger partial charge in [-0.05, 0) is 37.3 Å². The van der Waals surface area contributed by atoms with E-state index < -0.39 is 6.04 Å². The minimum atomic E-state index is -0.610. The van der Waals surface area contributed by atoms with Crippen molar-refractivity contribution in [3.05, 3.63) is 53.1 Å². The Hall–Kier alpha value is -2.73. The number of amides is 2. The first kappa shape index (κ1) is 19.0. The number of halogens is 1. The molecule has 6 nitrogen and oxygen atoms in total. The molecule has 0 unspecified atom stereocenters. The van der Waals surface area contributed by atoms with Crippen LogP contribution >= 0.6 is 11.6 Å². The standard InChI is InChI=1S/C20H21ClN2O4/c1-13-19(24)23(17-12-16(26-2)7-8-18(17)27-3)10-9-22(13)20(25)14-5-4-6-15(21)11-14/h4-8,11-13H,9-10H2,1-3H3/t13-/m0/s1. The molecule has 0 spiro atoms. The van der Waals surface area contributed by atoms with Gasteiger partial charge in [0.05, 0.1) is 19.9 Å². The van der Waals surface area contributed by atoms with Gasteiger partial charge >= 0.3 is 0 Å². The minimum absolute atomic E-state index is 0.178. The van der Waals surface area contributed by atoms with Crippen LogP contribution in [-0.2, 0) is 4.79 Å². The van der Waals surface area contributed by atoms with Crippen LogP contribution in [0.2, 0.25) is 5.02 Å². The molecule has 1 heterocycles. The zero-order chi connectivity index (χ0) is 19.6. The fraction of sp³-hybridized carbons (Fsp3) is 0.300. The summed E-state index contributed by atoms with van der Waals surface area (Å²) in [5.41, 5.74) is 1.10. The Kier molecular flexibility index (Phi) is 5.56. The van der Waals surface area contributed by atoms with E-state index >= 15 is 0 Å². The van der Waals surface area contributed by atoms with Crippen LogP contribution in [0.1, 0.15) is 17.3 Å². The van der Waals surface area contributed by atoms with E-state index in [1.807, 2.05) is 0 Å². The van der Waals surface area contributed by atoms with E-state index in [2.05, 4.69) is 0 Å². The van der Waals surface area contributed by atoms with Gasteiger partial charge in [-0.15, -0.1) is 0 Å². The average molecular weight is 389 g/mol. The van der Waals surface area contributed by atoms with E-state index in [0.717, 1.165) is 0 Å². The molecule has 1 atom stereocenters. The van der Waals surface area contributed by atoms with Gasteiger partial charge < -0.3 is 19.3 Å². The van der Waals surface area contributed by atoms with E-state index in [0.29, 0.717) is 40.9 Å². The van der Waals surface area contributed by atoms with Crippen LogP contribution in [0.15, 0.2) is 42.5 Å². The predicted molar refractivity (Wildman–Crippen MR) is 104 cm³/mol. The summed E-state index contributed by atoms with van der Waals surface area (Å²) in [7, 11) is 3.12. The molecule has 2 aromatic carbocycles. The number of benzene rings is 2. The van der Waals surface area contributed by atoms with Crippen molar-refractivity contribution in [2.45, 2.75) is 13.0 Å². The number of nitrogens with zero attached hydrogens (tertiary/aromatic N) is 2. The molecule has 7 heteroatoms. The molecule has 1 saturated heterocycles. The molecule has 142 valence electrons. The highest BCUT2D eigenvalue weighted by Gasteiger charge is 2.36. The summed E-state index contributed by atoms with van der Waals surface area (Å²) in [6, 6.07) is 11.4. The molecule has 2 amide bonds. The smallest absolute Gasteiger partial charge is 0.254 e. The molecule has 0 aromatic heterocycles. The highest BCUT2D eigenvalue weighted by Crippen LogP contribution is 2.34. The fourth-order valence-corrected chi connectivity index (χ4v) is 3.37. The van der Waals surface area contributed by atoms with E-state index in [4.69, 9.17) is 21.1 Å². The second-order valence-corrected chi connectivity index (χ2v) is 6.65. The molecule has 0 bridgehead atoms. The molecule has 3 rings (SSSR count). The van der Waals surface area contributed by atoms with Crippen molar-refractivity contribution in [2.75, 3.05) is 32.2 Å². The maximum Gasteiger partial charge on any atom is 0.254 e. The third kappa shape index (κ3) is 3.71. The molecule has 0 saturated carbocycles. The van der Waals surface area contributed by atoms with Gasteiger partial charge in [-0.25, -0.2) is 0 Å². The molecule has 1 aliphatic heterocycles. The molecule has 0 N–H and O–H groups in total. The van der Waals surface area contributed by atoms with Gasteiger partial charge in [0.1, 0.15) is 17.5 Å². The lowest BCUT2D eigenvalue weighted by molar-refractivity contribution is -0.124. The third-order valence-corrected chi connectivity index (χ3v) is 4.90. The van der Waals surface area contributed by atoms with Crippen molar-refractivity contribution in [3.63, 3.8) is 0 Å². The van der Waals surface area contributed by atoms with Gasteiger partial charge in [0.15, 0.2) is 0 Å². The summed E-state index contributed by atoms with van der Waals surface area (Å²) in [6.45, 7) is 2.49. The summed E-state index contributed by atoms with van der Waals surface area (Å²) in [5, 5.41) is 0.486. The van der Waals surface area contributed by atoms with Gasteiger partial charge in [0.2, 0.25) is 5.91 Å². The van der Waals surface area contributed by atoms with E-state index in [9.17, 15) is 9.59 Å². The summed E-state index contributed by atoms with van der Waals surface area (Å²) < 4.78 is 10.7. The highest BCUT2D eigenvalue weighted by atomic mass is 35.5. The second-order valence-electron chi connectivity index (χ2n) is 6.21. The van der Waals surface area contributed by atoms with Crippen molar-refractivity contribution in [1.82, 2.24) is 4.90 Å². The first-order valence-electron chi connectivity index (χ1n) is 8.56. The molecular weight excluding hydrogens is 368 g/mol. The summed E-state index contributed by atoms with van der Waals surface area (Å²) in [4.78, 5) is 29.0. The predicted octanol–water partition coefficient (Wildman–Crippen LogP) is 3.23. The van der Waals surface area contributed by atoms with Crippen LogP contribution in [0, 0.1) is 0 Å². The number of hydrogen-bond donors (Lipinski definition) is 0. The number of anilines is 1. The topological polar surface area (TPSA) is 59.1 Å². The zero-order valence-electron chi connectivity index (χ0n) is 15.4. The van der Waals surface area contributed by atoms with Gasteiger partial charge in [-0.1, -0.05) is 17.7 Å². The number of ether oxygens (including phenoxy) is 2. The van der Waals surface area contributed by atoms with Crippen molar-refractivity contribution in [1.29, 1.82) is 0 Å². The molecule has 0 radical (unpaired) electrons. The molecule has 1 fully saturated rings. The van der Waals surface area contributed by atoms with E-state index in [1.165, 1.54) is 0 Å². The Bertz CT molecular complexity index is 871. The molecule has 27 heavy (non-hydrogen) atoms. The third-order valence-electron chi connectivity index (χ3n) is 4.66. The lowest BCUT2D eigenvalue weighted by atomic mass is 10.1. The number of piperazine rings is 1. The summed E-state index contributed by atoms with van der Waals surface area (Å²) in [6.07, 6.45) is 0. The summed E-state index contributed by atoms with van der Waals surface area (Å²) in [5.74, 6) is 0.813. The lowest BCUT2D eigenvalue weighted by Gasteiger charge is -2.39. The van der Waals surface area contributed by atoms with Gasteiger partial charge in [-0.2, -0.15) is 0 Å². The largest absolute Gasteiger partial charge is 0.497 e. The number of carbonyl (C=O) groups excluding carboxylic acids is 2. The van der Waals surface area contributed by atoms with Crippen LogP contribution in [-0.4, -0.2) is 50.1 Å². The number of hydrogen-bond acceptors (Lipinski definition) is 4. The Morgan fingerprint density at radius 2 is 1.89 bits per heavy atom. The number of methoxy groups -OCH3 is 2. The molecule has 0 aliphatic carbocycles. The van der Waals surface area contributed by atoms with Crippen molar-refractivity contribution < 1.29 is 19.1 Å². The quantitative estimate of drug-likeness (QED) is 0.806. The Morgan fingerprint density at radius 3 is 2.56 bits per heavy atom. The number of rotatable bonds is 4. The van der Waals surface area contributed by atoms with Crippen molar-refractivity contribution in [2.24, 2.45) is 0 Å². The normalized spacial score (nSPS) is 17.0. The van der Waals surface area contributed by atoms with Crippen LogP contribution in [0.3, 0.4) is 0 Å². The maximum atomic E-state index is 13.0. The first-order chi connectivity index (χ1) is 13.0. The molecule has 2 aromatic rings. The molecular formula is C20H21ClN2O4. The van der Waals surface area contributed by atoms with Crippen molar-refractivity contribution >= 4 is 29.1 Å². The average Bonchev–Trinajstić information content (AvgIpc) is 2.69. The maximum absolute atomic E-state index is 13.0. The Labute approximate surface area is 163 Å². The monoisotopic (exact) mass is 388 g/mol. The Morgan fingerprint density at radius 1 is 1.11 bits per heavy atom. The van der Waals surface area contributed by atoms with Gasteiger partial charge in [-0.3, -0.25) is 9.59 Å². The lowest BCUT2D eigenvalue weighted by Crippen LogP contribution is -2.57. The Balaban J connectivity index is 1.86. The van der Waals surface area contributed by atoms with E-state index in [1.54, 1.807) is 73.4 Å². The number of carbonyl (C=O) groups is 2. The van der Waals surface area contributed by atoms with Gasteiger partial charge in [0.25, 0.3) is 5.91 Å². The van der Waals surface area contributed by atoms with Crippen molar-refractivity contribution in [3.8, 4) is 11.5 Å². The van der Waals surface area contributed by atoms with Crippen LogP contribution < -0.4 is 14.4 Å². The molecule has 1 aliphatic rings. The van der Waals surface area contributed by atoms with Gasteiger partial charge in [0, 0.05) is 29.7 Å². The second kappa shape index (κ2) is 7.88. The minimum Gasteiger partial charge on any atom is -0.497 e. The van der Waals surface area contributed by atoms with Crippen LogP contribution in [0.5, 0.6) is 11.5 Å². The van der Waals surface area contributed by atoms with Crippen LogP contribution in [0.4, 0.5) is 5.69 Å². The van der Waals surface area contributed by atoms with Crippen LogP contribution in [0.25, 0.3) is 0 Å². The zero-order valence-corrected chi connectivity index (χ0v) is 16.2. The summed E-state index contributed by atoms with van der Waals surface area (Å²) >= 11 is 5.99. The SMILES string of the molecule is COc1ccc(OC)c(N2CCN(C(=O)c3cccc(Cl)c3)[C@@H](C)C2=O)c1. The fourth-order valence-electron chi connectivity index (χ4n) is 3.18. The van der Waals surface area contributed by atoms with E-state index in [-0.39, 0.29) is 11.8 Å². The first-order valence-corrected chi connectivity index (χ1v) is 8.94.